The maximum absolute atomic E-state index is 12.9. The Kier molecular flexibility index (Phi) is 6.85. The number of anilines is 1. The van der Waals surface area contributed by atoms with Crippen molar-refractivity contribution in [2.75, 3.05) is 18.2 Å². The first-order valence-corrected chi connectivity index (χ1v) is 11.8. The number of amides is 1. The van der Waals surface area contributed by atoms with E-state index in [2.05, 4.69) is 16.7 Å². The number of nitrogens with one attached hydrogen (secondary N) is 2. The highest BCUT2D eigenvalue weighted by Gasteiger charge is 2.37. The number of carbonyl (C=O) groups is 2. The van der Waals surface area contributed by atoms with Crippen molar-refractivity contribution in [3.05, 3.63) is 81.5 Å². The van der Waals surface area contributed by atoms with Crippen molar-refractivity contribution in [2.24, 2.45) is 0 Å². The van der Waals surface area contributed by atoms with Crippen LogP contribution in [0.4, 0.5) is 5.69 Å². The smallest absolute Gasteiger partial charge is 0.234 e. The molecule has 2 aromatic carbocycles. The normalized spacial score (nSPS) is 17.7. The van der Waals surface area contributed by atoms with Crippen LogP contribution in [0, 0.1) is 18.3 Å². The first-order valence-electron chi connectivity index (χ1n) is 10.8. The Morgan fingerprint density at radius 3 is 2.82 bits per heavy atom. The molecule has 7 heteroatoms. The van der Waals surface area contributed by atoms with Crippen LogP contribution in [-0.4, -0.2) is 24.6 Å². The maximum Gasteiger partial charge on any atom is 0.234 e. The van der Waals surface area contributed by atoms with Crippen molar-refractivity contribution in [2.45, 2.75) is 32.1 Å². The van der Waals surface area contributed by atoms with Crippen molar-refractivity contribution in [1.82, 2.24) is 5.32 Å². The van der Waals surface area contributed by atoms with Gasteiger partial charge in [-0.25, -0.2) is 0 Å². The molecule has 2 N–H and O–H groups in total. The number of carbonyl (C=O) groups excluding carboxylic acids is 2. The minimum absolute atomic E-state index is 0.0876. The molecule has 0 fully saturated rings. The zero-order valence-corrected chi connectivity index (χ0v) is 19.4. The van der Waals surface area contributed by atoms with Crippen LogP contribution in [0.15, 0.2) is 70.4 Å². The van der Waals surface area contributed by atoms with Crippen LogP contribution >= 0.6 is 11.8 Å². The third kappa shape index (κ3) is 4.81. The van der Waals surface area contributed by atoms with Crippen molar-refractivity contribution < 1.29 is 14.3 Å². The number of Topliss-reactive ketones (excluding diaryl/α,β-unsaturated/α-hetero) is 1. The Bertz CT molecular complexity index is 1210. The highest BCUT2D eigenvalue weighted by Crippen LogP contribution is 2.44. The van der Waals surface area contributed by atoms with Crippen LogP contribution < -0.4 is 15.4 Å². The van der Waals surface area contributed by atoms with Gasteiger partial charge in [0.2, 0.25) is 5.91 Å². The van der Waals surface area contributed by atoms with Crippen LogP contribution in [0.25, 0.3) is 0 Å². The summed E-state index contributed by atoms with van der Waals surface area (Å²) in [5.41, 5.74) is 4.68. The first-order chi connectivity index (χ1) is 16.0. The number of thioether (sulfide) groups is 1. The second-order valence-electron chi connectivity index (χ2n) is 8.01. The van der Waals surface area contributed by atoms with Gasteiger partial charge in [-0.2, -0.15) is 5.26 Å². The molecule has 1 aliphatic heterocycles. The molecule has 0 saturated heterocycles. The molecule has 2 aromatic rings. The molecule has 1 amide bonds. The van der Waals surface area contributed by atoms with Crippen LogP contribution in [-0.2, 0) is 9.59 Å². The fourth-order valence-corrected chi connectivity index (χ4v) is 5.16. The Morgan fingerprint density at radius 2 is 2.06 bits per heavy atom. The number of nitrogens with zero attached hydrogens (tertiary/aromatic N) is 1. The SMILES string of the molecule is COc1cccc(NC(=O)CSC2=C(C#N)[C@H](c3ccccc3C)C3=C(CCCC3=O)N2)c1. The van der Waals surface area contributed by atoms with E-state index in [1.165, 1.54) is 11.8 Å². The van der Waals surface area contributed by atoms with Gasteiger partial charge in [-0.1, -0.05) is 42.1 Å². The highest BCUT2D eigenvalue weighted by molar-refractivity contribution is 8.03. The molecule has 0 radical (unpaired) electrons. The van der Waals surface area contributed by atoms with Gasteiger partial charge in [-0.15, -0.1) is 0 Å². The Balaban J connectivity index is 1.61. The summed E-state index contributed by atoms with van der Waals surface area (Å²) in [4.78, 5) is 25.5. The first kappa shape index (κ1) is 22.7. The summed E-state index contributed by atoms with van der Waals surface area (Å²) in [7, 11) is 1.57. The van der Waals surface area contributed by atoms with Crippen LogP contribution in [0.3, 0.4) is 0 Å². The summed E-state index contributed by atoms with van der Waals surface area (Å²) in [5.74, 6) is 0.272. The van der Waals surface area contributed by atoms with Crippen LogP contribution in [0.2, 0.25) is 0 Å². The predicted molar refractivity (Wildman–Crippen MR) is 130 cm³/mol. The van der Waals surface area contributed by atoms with E-state index < -0.39 is 5.92 Å². The number of ether oxygens (including phenoxy) is 1. The van der Waals surface area contributed by atoms with E-state index in [9.17, 15) is 14.9 Å². The number of dihydropyridines is 1. The summed E-state index contributed by atoms with van der Waals surface area (Å²) in [6.45, 7) is 1.99. The molecule has 0 unspecified atom stereocenters. The van der Waals surface area contributed by atoms with Gasteiger partial charge in [0.05, 0.1) is 35.5 Å². The molecular formula is C26H25N3O3S. The minimum atomic E-state index is -0.413. The highest BCUT2D eigenvalue weighted by atomic mass is 32.2. The van der Waals surface area contributed by atoms with E-state index in [0.29, 0.717) is 34.0 Å². The molecular weight excluding hydrogens is 434 g/mol. The standard InChI is InChI=1S/C26H25N3O3S/c1-16-7-3-4-10-19(16)24-20(14-27)26(29-21-11-6-12-22(30)25(21)24)33-15-23(31)28-17-8-5-9-18(13-17)32-2/h3-5,7-10,13,24,29H,6,11-12,15H2,1-2H3,(H,28,31)/t24-/m0/s1. The van der Waals surface area contributed by atoms with Crippen LogP contribution in [0.5, 0.6) is 5.75 Å². The average molecular weight is 460 g/mol. The van der Waals surface area contributed by atoms with E-state index in [4.69, 9.17) is 4.74 Å². The fourth-order valence-electron chi connectivity index (χ4n) is 4.29. The lowest BCUT2D eigenvalue weighted by Crippen LogP contribution is -2.32. The molecule has 0 saturated carbocycles. The summed E-state index contributed by atoms with van der Waals surface area (Å²) in [5, 5.41) is 16.9. The number of methoxy groups -OCH3 is 1. The van der Waals surface area contributed by atoms with Gasteiger partial charge in [0.1, 0.15) is 5.75 Å². The molecule has 168 valence electrons. The summed E-state index contributed by atoms with van der Waals surface area (Å²) >= 11 is 1.29. The summed E-state index contributed by atoms with van der Waals surface area (Å²) < 4.78 is 5.20. The largest absolute Gasteiger partial charge is 0.497 e. The van der Waals surface area contributed by atoms with Crippen molar-refractivity contribution in [1.29, 1.82) is 5.26 Å². The number of hydrogen-bond donors (Lipinski definition) is 2. The molecule has 0 aromatic heterocycles. The molecule has 6 nitrogen and oxygen atoms in total. The molecule has 4 rings (SSSR count). The topological polar surface area (TPSA) is 91.2 Å². The number of ketones is 1. The second kappa shape index (κ2) is 9.97. The molecule has 1 aliphatic carbocycles. The van der Waals surface area contributed by atoms with Gasteiger partial charge in [0.25, 0.3) is 0 Å². The Hall–Kier alpha value is -3.50. The summed E-state index contributed by atoms with van der Waals surface area (Å²) in [6.07, 6.45) is 2.02. The lowest BCUT2D eigenvalue weighted by atomic mass is 9.76. The van der Waals surface area contributed by atoms with Gasteiger partial charge in [-0.05, 0) is 43.0 Å². The average Bonchev–Trinajstić information content (AvgIpc) is 2.82. The second-order valence-corrected chi connectivity index (χ2v) is 8.99. The van der Waals surface area contributed by atoms with Gasteiger partial charge in [-0.3, -0.25) is 9.59 Å². The molecule has 33 heavy (non-hydrogen) atoms. The van der Waals surface area contributed by atoms with Gasteiger partial charge < -0.3 is 15.4 Å². The molecule has 1 atom stereocenters. The van der Waals surface area contributed by atoms with E-state index in [0.717, 1.165) is 29.7 Å². The number of nitriles is 1. The zero-order valence-electron chi connectivity index (χ0n) is 18.6. The van der Waals surface area contributed by atoms with E-state index >= 15 is 0 Å². The van der Waals surface area contributed by atoms with Crippen LogP contribution in [0.1, 0.15) is 36.3 Å². The number of aryl methyl sites for hydroxylation is 1. The maximum atomic E-state index is 12.9. The lowest BCUT2D eigenvalue weighted by molar-refractivity contribution is -0.116. The quantitative estimate of drug-likeness (QED) is 0.645. The van der Waals surface area contributed by atoms with E-state index in [1.807, 2.05) is 43.3 Å². The monoisotopic (exact) mass is 459 g/mol. The third-order valence-electron chi connectivity index (χ3n) is 5.86. The van der Waals surface area contributed by atoms with Gasteiger partial charge in [0.15, 0.2) is 5.78 Å². The Morgan fingerprint density at radius 1 is 1.24 bits per heavy atom. The molecule has 0 bridgehead atoms. The number of hydrogen-bond acceptors (Lipinski definition) is 6. The van der Waals surface area contributed by atoms with Crippen molar-refractivity contribution in [3.8, 4) is 11.8 Å². The van der Waals surface area contributed by atoms with E-state index in [-0.39, 0.29) is 17.4 Å². The number of benzene rings is 2. The Labute approximate surface area is 197 Å². The molecule has 1 heterocycles. The van der Waals surface area contributed by atoms with Gasteiger partial charge in [0, 0.05) is 29.4 Å². The minimum Gasteiger partial charge on any atom is -0.497 e. The van der Waals surface area contributed by atoms with E-state index in [1.54, 1.807) is 19.2 Å². The van der Waals surface area contributed by atoms with Gasteiger partial charge >= 0.3 is 0 Å². The van der Waals surface area contributed by atoms with Crippen molar-refractivity contribution in [3.63, 3.8) is 0 Å². The summed E-state index contributed by atoms with van der Waals surface area (Å²) in [6, 6.07) is 17.3. The zero-order chi connectivity index (χ0) is 23.4. The number of allylic oxidation sites excluding steroid dienone is 3. The lowest BCUT2D eigenvalue weighted by Gasteiger charge is -2.33. The van der Waals surface area contributed by atoms with Crippen molar-refractivity contribution >= 4 is 29.1 Å². The number of rotatable bonds is 6. The fraction of sp³-hybridized carbons (Fsp3) is 0.269. The molecule has 2 aliphatic rings. The molecule has 0 spiro atoms. The third-order valence-corrected chi connectivity index (χ3v) is 6.88. The predicted octanol–water partition coefficient (Wildman–Crippen LogP) is 4.80.